The van der Waals surface area contributed by atoms with Gasteiger partial charge in [-0.3, -0.25) is 0 Å². The van der Waals surface area contributed by atoms with Crippen LogP contribution in [0.5, 0.6) is 11.5 Å². The predicted molar refractivity (Wildman–Crippen MR) is 137 cm³/mol. The molecule has 1 aromatic rings. The van der Waals surface area contributed by atoms with Gasteiger partial charge in [-0.25, -0.2) is 8.42 Å². The lowest BCUT2D eigenvalue weighted by atomic mass is 9.73. The monoisotopic (exact) mass is 543 g/mol. The van der Waals surface area contributed by atoms with Crippen molar-refractivity contribution in [1.29, 1.82) is 0 Å². The molecule has 2 rings (SSSR count). The lowest BCUT2D eigenvalue weighted by Gasteiger charge is -2.32. The lowest BCUT2D eigenvalue weighted by Crippen LogP contribution is -2.36. The molecule has 1 aliphatic carbocycles. The van der Waals surface area contributed by atoms with Gasteiger partial charge in [-0.1, -0.05) is 59.5 Å². The van der Waals surface area contributed by atoms with E-state index in [1.807, 2.05) is 19.9 Å². The molecule has 0 amide bonds. The van der Waals surface area contributed by atoms with Crippen LogP contribution >= 0.6 is 15.9 Å². The maximum atomic E-state index is 13.7. The van der Waals surface area contributed by atoms with Crippen molar-refractivity contribution in [2.24, 2.45) is 5.92 Å². The van der Waals surface area contributed by atoms with E-state index in [0.717, 1.165) is 43.3 Å². The Balaban J connectivity index is 2.77. The Morgan fingerprint density at radius 3 is 2.55 bits per heavy atom. The summed E-state index contributed by atoms with van der Waals surface area (Å²) in [6.45, 7) is 9.85. The van der Waals surface area contributed by atoms with Crippen molar-refractivity contribution in [1.82, 2.24) is 4.31 Å². The number of aliphatic hydroxyl groups is 1. The first kappa shape index (κ1) is 27.9. The van der Waals surface area contributed by atoms with Crippen molar-refractivity contribution >= 4 is 26.0 Å². The van der Waals surface area contributed by atoms with Crippen molar-refractivity contribution in [3.05, 3.63) is 41.0 Å². The van der Waals surface area contributed by atoms with Gasteiger partial charge in [0.2, 0.25) is 10.0 Å². The van der Waals surface area contributed by atoms with E-state index in [-0.39, 0.29) is 53.5 Å². The number of alkyl halides is 1. The summed E-state index contributed by atoms with van der Waals surface area (Å²) in [5.41, 5.74) is 2.71. The summed E-state index contributed by atoms with van der Waals surface area (Å²) in [6, 6.07) is 1.51. The highest BCUT2D eigenvalue weighted by molar-refractivity contribution is 9.09. The van der Waals surface area contributed by atoms with Crippen molar-refractivity contribution in [2.75, 3.05) is 25.0 Å². The Morgan fingerprint density at radius 2 is 1.97 bits per heavy atom. The quantitative estimate of drug-likeness (QED) is 0.190. The van der Waals surface area contributed by atoms with Crippen molar-refractivity contribution < 1.29 is 23.7 Å². The molecule has 186 valence electrons. The minimum Gasteiger partial charge on any atom is -0.507 e. The highest BCUT2D eigenvalue weighted by atomic mass is 79.9. The zero-order chi connectivity index (χ0) is 24.8. The van der Waals surface area contributed by atoms with E-state index in [0.29, 0.717) is 17.3 Å². The molecule has 0 spiro atoms. The molecule has 0 aliphatic heterocycles. The molecule has 0 saturated heterocycles. The summed E-state index contributed by atoms with van der Waals surface area (Å²) < 4.78 is 28.6. The van der Waals surface area contributed by atoms with Crippen LogP contribution in [-0.2, 0) is 16.4 Å². The molecular formula is C25H38BrNO5S. The standard InChI is InChI=1S/C25H38BrNO5S/c1-5-6-7-8-19-16-22(29)23(21-15-18(4)9-10-20(21)17(2)3)24(30)25(19)33(31,32)27(12-11-26)13-14-28/h15-16,20-21,28-30H,2,5-14H2,1,3-4H3/t20-,21+/m0/s1. The average molecular weight is 545 g/mol. The zero-order valence-electron chi connectivity index (χ0n) is 20.0. The van der Waals surface area contributed by atoms with E-state index >= 15 is 0 Å². The number of hydrogen-bond acceptors (Lipinski definition) is 5. The van der Waals surface area contributed by atoms with Gasteiger partial charge in [-0.2, -0.15) is 4.31 Å². The van der Waals surface area contributed by atoms with Gasteiger partial charge in [0.05, 0.1) is 6.61 Å². The number of unbranched alkanes of at least 4 members (excludes halogenated alkanes) is 2. The second kappa shape index (κ2) is 12.4. The topological polar surface area (TPSA) is 98.1 Å². The Hall–Kier alpha value is -1.35. The first-order valence-electron chi connectivity index (χ1n) is 11.7. The number of phenols is 2. The highest BCUT2D eigenvalue weighted by Crippen LogP contribution is 2.49. The number of hydrogen-bond donors (Lipinski definition) is 3. The van der Waals surface area contributed by atoms with Crippen LogP contribution in [0.25, 0.3) is 0 Å². The third-order valence-corrected chi connectivity index (χ3v) is 8.76. The first-order valence-corrected chi connectivity index (χ1v) is 14.2. The predicted octanol–water partition coefficient (Wildman–Crippen LogP) is 5.22. The van der Waals surface area contributed by atoms with E-state index in [2.05, 4.69) is 29.4 Å². The van der Waals surface area contributed by atoms with Gasteiger partial charge in [0.25, 0.3) is 0 Å². The number of aliphatic hydroxyl groups excluding tert-OH is 1. The number of aryl methyl sites for hydroxylation is 1. The third-order valence-electron chi connectivity index (χ3n) is 6.39. The molecule has 33 heavy (non-hydrogen) atoms. The normalized spacial score (nSPS) is 19.0. The van der Waals surface area contributed by atoms with Crippen LogP contribution in [0.1, 0.15) is 69.9 Å². The van der Waals surface area contributed by atoms with Gasteiger partial charge in [-0.15, -0.1) is 0 Å². The number of sulfonamides is 1. The summed E-state index contributed by atoms with van der Waals surface area (Å²) in [6.07, 6.45) is 6.76. The number of halogens is 1. The molecule has 0 bridgehead atoms. The Morgan fingerprint density at radius 1 is 1.27 bits per heavy atom. The third kappa shape index (κ3) is 6.41. The molecule has 0 fully saturated rings. The van der Waals surface area contributed by atoms with Gasteiger partial charge in [0.1, 0.15) is 16.4 Å². The van der Waals surface area contributed by atoms with Crippen LogP contribution < -0.4 is 0 Å². The van der Waals surface area contributed by atoms with Gasteiger partial charge in [0, 0.05) is 29.9 Å². The maximum absolute atomic E-state index is 13.7. The smallest absolute Gasteiger partial charge is 0.247 e. The average Bonchev–Trinajstić information content (AvgIpc) is 2.73. The molecule has 6 nitrogen and oxygen atoms in total. The number of aromatic hydroxyl groups is 2. The van der Waals surface area contributed by atoms with Crippen LogP contribution in [0.2, 0.25) is 0 Å². The lowest BCUT2D eigenvalue weighted by molar-refractivity contribution is 0.257. The second-order valence-electron chi connectivity index (χ2n) is 8.95. The molecule has 0 radical (unpaired) electrons. The molecule has 0 aromatic heterocycles. The van der Waals surface area contributed by atoms with Crippen LogP contribution in [0, 0.1) is 5.92 Å². The number of benzene rings is 1. The van der Waals surface area contributed by atoms with E-state index in [1.54, 1.807) is 0 Å². The summed E-state index contributed by atoms with van der Waals surface area (Å²) in [5.74, 6) is -0.851. The van der Waals surface area contributed by atoms with Crippen LogP contribution in [0.3, 0.4) is 0 Å². The first-order chi connectivity index (χ1) is 15.6. The summed E-state index contributed by atoms with van der Waals surface area (Å²) in [7, 11) is -4.11. The van der Waals surface area contributed by atoms with Gasteiger partial charge in [0.15, 0.2) is 0 Å². The summed E-state index contributed by atoms with van der Waals surface area (Å²) in [4.78, 5) is -0.155. The number of allylic oxidation sites excluding steroid dienone is 3. The Kier molecular flexibility index (Phi) is 10.5. The number of rotatable bonds is 12. The van der Waals surface area contributed by atoms with Gasteiger partial charge in [-0.05, 0) is 57.1 Å². The molecular weight excluding hydrogens is 506 g/mol. The molecule has 0 heterocycles. The Labute approximate surface area is 207 Å². The van der Waals surface area contributed by atoms with Crippen molar-refractivity contribution in [2.45, 2.75) is 70.1 Å². The molecule has 8 heteroatoms. The van der Waals surface area contributed by atoms with E-state index in [9.17, 15) is 23.7 Å². The fourth-order valence-corrected chi connectivity index (χ4v) is 7.09. The fourth-order valence-electron chi connectivity index (χ4n) is 4.66. The zero-order valence-corrected chi connectivity index (χ0v) is 22.4. The van der Waals surface area contributed by atoms with E-state index in [1.165, 1.54) is 10.4 Å². The van der Waals surface area contributed by atoms with Crippen LogP contribution in [-0.4, -0.2) is 53.1 Å². The second-order valence-corrected chi connectivity index (χ2v) is 11.6. The molecule has 3 N–H and O–H groups in total. The minimum atomic E-state index is -4.11. The van der Waals surface area contributed by atoms with E-state index in [4.69, 9.17) is 0 Å². The molecule has 0 unspecified atom stereocenters. The van der Waals surface area contributed by atoms with Crippen LogP contribution in [0.15, 0.2) is 34.8 Å². The van der Waals surface area contributed by atoms with Gasteiger partial charge < -0.3 is 15.3 Å². The SMILES string of the molecule is C=C(C)[C@@H]1CCC(C)=C[C@H]1c1c(O)cc(CCCCC)c(S(=O)(=O)N(CCO)CCBr)c1O. The largest absolute Gasteiger partial charge is 0.507 e. The minimum absolute atomic E-state index is 0.0110. The molecule has 2 atom stereocenters. The molecule has 1 aromatic carbocycles. The van der Waals surface area contributed by atoms with Crippen LogP contribution in [0.4, 0.5) is 0 Å². The number of phenolic OH excluding ortho intramolecular Hbond substituents is 2. The fraction of sp³-hybridized carbons (Fsp3) is 0.600. The van der Waals surface area contributed by atoms with Gasteiger partial charge >= 0.3 is 0 Å². The summed E-state index contributed by atoms with van der Waals surface area (Å²) in [5, 5.41) is 32.4. The highest BCUT2D eigenvalue weighted by Gasteiger charge is 2.36. The van der Waals surface area contributed by atoms with Crippen molar-refractivity contribution in [3.8, 4) is 11.5 Å². The number of nitrogens with zero attached hydrogens (tertiary/aromatic N) is 1. The summed E-state index contributed by atoms with van der Waals surface area (Å²) >= 11 is 3.28. The van der Waals surface area contributed by atoms with Crippen molar-refractivity contribution in [3.63, 3.8) is 0 Å². The van der Waals surface area contributed by atoms with E-state index < -0.39 is 10.0 Å². The Bertz CT molecular complexity index is 967. The molecule has 1 aliphatic rings. The maximum Gasteiger partial charge on any atom is 0.247 e. The molecule has 0 saturated carbocycles.